The molecule has 0 spiro atoms. The van der Waals surface area contributed by atoms with Crippen molar-refractivity contribution in [2.45, 2.75) is 26.3 Å². The van der Waals surface area contributed by atoms with Gasteiger partial charge in [-0.05, 0) is 18.6 Å². The molecule has 0 bridgehead atoms. The first-order valence-corrected chi connectivity index (χ1v) is 6.29. The number of carboxylic acid groups (broad SMARTS) is 1. The lowest BCUT2D eigenvalue weighted by atomic mass is 10.1. The third kappa shape index (κ3) is 2.84. The summed E-state index contributed by atoms with van der Waals surface area (Å²) in [6.45, 7) is 2.56. The van der Waals surface area contributed by atoms with E-state index in [0.717, 1.165) is 18.9 Å². The number of hydrogen-bond donors (Lipinski definition) is 1. The number of aromatic carboxylic acids is 1. The van der Waals surface area contributed by atoms with Crippen molar-refractivity contribution in [2.24, 2.45) is 0 Å². The van der Waals surface area contributed by atoms with Gasteiger partial charge in [0.25, 0.3) is 0 Å². The Morgan fingerprint density at radius 3 is 2.75 bits per heavy atom. The van der Waals surface area contributed by atoms with Crippen LogP contribution in [0.4, 0.5) is 8.78 Å². The molecule has 1 heterocycles. The Labute approximate surface area is 114 Å². The number of aryl methyl sites for hydroxylation is 1. The van der Waals surface area contributed by atoms with Crippen LogP contribution in [0.3, 0.4) is 0 Å². The summed E-state index contributed by atoms with van der Waals surface area (Å²) in [5.41, 5.74) is -0.0863. The fraction of sp³-hybridized carbons (Fsp3) is 0.286. The molecule has 2 aromatic rings. The molecule has 0 aliphatic heterocycles. The van der Waals surface area contributed by atoms with Gasteiger partial charge >= 0.3 is 5.97 Å². The fourth-order valence-electron chi connectivity index (χ4n) is 1.89. The van der Waals surface area contributed by atoms with Gasteiger partial charge in [-0.1, -0.05) is 13.3 Å². The first-order valence-electron chi connectivity index (χ1n) is 6.29. The predicted molar refractivity (Wildman–Crippen MR) is 69.4 cm³/mol. The second-order valence-corrected chi connectivity index (χ2v) is 4.44. The van der Waals surface area contributed by atoms with Gasteiger partial charge in [0.1, 0.15) is 22.9 Å². The molecular formula is C14H14F2N2O2. The van der Waals surface area contributed by atoms with Crippen LogP contribution in [0.5, 0.6) is 0 Å². The molecule has 2 rings (SSSR count). The van der Waals surface area contributed by atoms with E-state index in [4.69, 9.17) is 5.11 Å². The maximum atomic E-state index is 13.8. The van der Waals surface area contributed by atoms with E-state index < -0.39 is 17.6 Å². The van der Waals surface area contributed by atoms with Gasteiger partial charge in [-0.25, -0.2) is 13.6 Å². The quantitative estimate of drug-likeness (QED) is 0.914. The van der Waals surface area contributed by atoms with Crippen LogP contribution in [0, 0.1) is 11.6 Å². The topological polar surface area (TPSA) is 55.1 Å². The van der Waals surface area contributed by atoms with Crippen LogP contribution in [0.2, 0.25) is 0 Å². The fourth-order valence-corrected chi connectivity index (χ4v) is 1.89. The van der Waals surface area contributed by atoms with Gasteiger partial charge < -0.3 is 5.11 Å². The maximum absolute atomic E-state index is 13.8. The molecule has 20 heavy (non-hydrogen) atoms. The Bertz CT molecular complexity index is 638. The standard InChI is InChI=1S/C14H14F2N2O2/c1-2-3-6-18-8-11(14(19)20)13(17-18)10-5-4-9(15)7-12(10)16/h4-5,7-8H,2-3,6H2,1H3,(H,19,20). The average Bonchev–Trinajstić information content (AvgIpc) is 2.80. The molecule has 4 nitrogen and oxygen atoms in total. The summed E-state index contributed by atoms with van der Waals surface area (Å²) in [5, 5.41) is 13.3. The number of halogens is 2. The van der Waals surface area contributed by atoms with Crippen LogP contribution >= 0.6 is 0 Å². The first kappa shape index (κ1) is 14.2. The zero-order chi connectivity index (χ0) is 14.7. The molecule has 0 saturated carbocycles. The largest absolute Gasteiger partial charge is 0.478 e. The van der Waals surface area contributed by atoms with E-state index in [9.17, 15) is 13.6 Å². The van der Waals surface area contributed by atoms with Crippen molar-refractivity contribution < 1.29 is 18.7 Å². The second-order valence-electron chi connectivity index (χ2n) is 4.44. The van der Waals surface area contributed by atoms with Crippen molar-refractivity contribution in [1.82, 2.24) is 9.78 Å². The van der Waals surface area contributed by atoms with Crippen LogP contribution < -0.4 is 0 Å². The normalized spacial score (nSPS) is 10.8. The zero-order valence-corrected chi connectivity index (χ0v) is 10.9. The third-order valence-corrected chi connectivity index (χ3v) is 2.92. The Kier molecular flexibility index (Phi) is 4.12. The van der Waals surface area contributed by atoms with Crippen molar-refractivity contribution in [3.05, 3.63) is 41.6 Å². The van der Waals surface area contributed by atoms with Gasteiger partial charge in [-0.15, -0.1) is 0 Å². The minimum absolute atomic E-state index is 0.0148. The highest BCUT2D eigenvalue weighted by Crippen LogP contribution is 2.25. The Morgan fingerprint density at radius 2 is 2.15 bits per heavy atom. The van der Waals surface area contributed by atoms with Gasteiger partial charge in [0.05, 0.1) is 0 Å². The minimum atomic E-state index is -1.19. The van der Waals surface area contributed by atoms with E-state index in [1.165, 1.54) is 16.9 Å². The molecule has 0 unspecified atom stereocenters. The van der Waals surface area contributed by atoms with E-state index in [1.807, 2.05) is 6.92 Å². The Hall–Kier alpha value is -2.24. The summed E-state index contributed by atoms with van der Waals surface area (Å²) >= 11 is 0. The molecule has 0 aliphatic rings. The number of rotatable bonds is 5. The molecule has 0 atom stereocenters. The summed E-state index contributed by atoms with van der Waals surface area (Å²) in [6, 6.07) is 2.99. The predicted octanol–water partition coefficient (Wildman–Crippen LogP) is 3.33. The SMILES string of the molecule is CCCCn1cc(C(=O)O)c(-c2ccc(F)cc2F)n1. The molecule has 0 saturated heterocycles. The summed E-state index contributed by atoms with van der Waals surface area (Å²) in [6.07, 6.45) is 3.14. The number of aromatic nitrogens is 2. The summed E-state index contributed by atoms with van der Waals surface area (Å²) < 4.78 is 28.1. The van der Waals surface area contributed by atoms with Gasteiger partial charge in [0, 0.05) is 24.4 Å². The average molecular weight is 280 g/mol. The maximum Gasteiger partial charge on any atom is 0.339 e. The van der Waals surface area contributed by atoms with Crippen molar-refractivity contribution in [3.63, 3.8) is 0 Å². The van der Waals surface area contributed by atoms with E-state index in [1.54, 1.807) is 0 Å². The van der Waals surface area contributed by atoms with Gasteiger partial charge in [-0.2, -0.15) is 5.10 Å². The lowest BCUT2D eigenvalue weighted by Gasteiger charge is -2.01. The lowest BCUT2D eigenvalue weighted by molar-refractivity contribution is 0.0697. The van der Waals surface area contributed by atoms with Crippen LogP contribution in [0.1, 0.15) is 30.1 Å². The van der Waals surface area contributed by atoms with Crippen molar-refractivity contribution in [1.29, 1.82) is 0 Å². The summed E-state index contributed by atoms with van der Waals surface area (Å²) in [4.78, 5) is 11.2. The van der Waals surface area contributed by atoms with Crippen molar-refractivity contribution >= 4 is 5.97 Å². The van der Waals surface area contributed by atoms with E-state index in [0.29, 0.717) is 12.6 Å². The monoisotopic (exact) mass is 280 g/mol. The van der Waals surface area contributed by atoms with Crippen LogP contribution in [0.15, 0.2) is 24.4 Å². The molecule has 1 N–H and O–H groups in total. The van der Waals surface area contributed by atoms with Crippen molar-refractivity contribution in [3.8, 4) is 11.3 Å². The number of nitrogens with zero attached hydrogens (tertiary/aromatic N) is 2. The highest BCUT2D eigenvalue weighted by molar-refractivity contribution is 5.94. The van der Waals surface area contributed by atoms with Gasteiger partial charge in [0.15, 0.2) is 0 Å². The Balaban J connectivity index is 2.48. The number of carboxylic acids is 1. The number of hydrogen-bond acceptors (Lipinski definition) is 2. The van der Waals surface area contributed by atoms with Crippen LogP contribution in [-0.2, 0) is 6.54 Å². The van der Waals surface area contributed by atoms with Gasteiger partial charge in [-0.3, -0.25) is 4.68 Å². The van der Waals surface area contributed by atoms with E-state index >= 15 is 0 Å². The molecule has 6 heteroatoms. The highest BCUT2D eigenvalue weighted by Gasteiger charge is 2.19. The molecule has 1 aromatic heterocycles. The molecule has 1 aromatic carbocycles. The van der Waals surface area contributed by atoms with Crippen molar-refractivity contribution in [2.75, 3.05) is 0 Å². The highest BCUT2D eigenvalue weighted by atomic mass is 19.1. The molecule has 106 valence electrons. The molecule has 0 amide bonds. The van der Waals surface area contributed by atoms with Crippen LogP contribution in [0.25, 0.3) is 11.3 Å². The number of carbonyl (C=O) groups is 1. The zero-order valence-electron chi connectivity index (χ0n) is 10.9. The van der Waals surface area contributed by atoms with E-state index in [-0.39, 0.29) is 16.8 Å². The molecule has 0 radical (unpaired) electrons. The third-order valence-electron chi connectivity index (χ3n) is 2.92. The minimum Gasteiger partial charge on any atom is -0.478 e. The van der Waals surface area contributed by atoms with Crippen LogP contribution in [-0.4, -0.2) is 20.9 Å². The number of unbranched alkanes of at least 4 members (excludes halogenated alkanes) is 1. The molecule has 0 aliphatic carbocycles. The summed E-state index contributed by atoms with van der Waals surface area (Å²) in [7, 11) is 0. The Morgan fingerprint density at radius 1 is 1.40 bits per heavy atom. The lowest BCUT2D eigenvalue weighted by Crippen LogP contribution is -1.98. The van der Waals surface area contributed by atoms with E-state index in [2.05, 4.69) is 5.10 Å². The second kappa shape index (κ2) is 5.81. The first-order chi connectivity index (χ1) is 9.52. The number of benzene rings is 1. The molecular weight excluding hydrogens is 266 g/mol. The van der Waals surface area contributed by atoms with Gasteiger partial charge in [0.2, 0.25) is 0 Å². The summed E-state index contributed by atoms with van der Waals surface area (Å²) in [5.74, 6) is -2.73. The molecule has 0 fully saturated rings. The smallest absolute Gasteiger partial charge is 0.339 e.